The smallest absolute Gasteiger partial charge is 0.309 e. The Labute approximate surface area is 281 Å². The van der Waals surface area contributed by atoms with Crippen LogP contribution < -0.4 is 5.69 Å². The number of pyridine rings is 1. The van der Waals surface area contributed by atoms with Crippen molar-refractivity contribution in [2.75, 3.05) is 0 Å². The summed E-state index contributed by atoms with van der Waals surface area (Å²) in [5.41, 5.74) is 9.98. The van der Waals surface area contributed by atoms with Gasteiger partial charge in [-0.3, -0.25) is 0 Å². The molecule has 0 bridgehead atoms. The first-order chi connectivity index (χ1) is 24.2. The zero-order valence-corrected chi connectivity index (χ0v) is 26.5. The topological polar surface area (TPSA) is 57.1 Å². The van der Waals surface area contributed by atoms with E-state index in [9.17, 15) is 4.79 Å². The van der Waals surface area contributed by atoms with Gasteiger partial charge < -0.3 is 9.13 Å². The van der Waals surface area contributed by atoms with Crippen LogP contribution in [0.3, 0.4) is 0 Å². The van der Waals surface area contributed by atoms with Crippen LogP contribution in [0.5, 0.6) is 0 Å². The molecule has 1 aliphatic carbocycles. The predicted molar refractivity (Wildman–Crippen MR) is 200 cm³/mol. The van der Waals surface area contributed by atoms with Gasteiger partial charge in [-0.25, -0.2) is 14.2 Å². The Balaban J connectivity index is 1.12. The average Bonchev–Trinajstić information content (AvgIpc) is 3.67. The summed E-state index contributed by atoms with van der Waals surface area (Å²) in [5, 5.41) is 4.75. The van der Waals surface area contributed by atoms with E-state index >= 15 is 0 Å². The maximum absolute atomic E-state index is 13.3. The highest BCUT2D eigenvalue weighted by Crippen LogP contribution is 2.38. The molecule has 4 heterocycles. The normalized spacial score (nSPS) is 13.3. The Morgan fingerprint density at radius 1 is 0.531 bits per heavy atom. The quantitative estimate of drug-likeness (QED) is 0.194. The molecular weight excluding hydrogens is 603 g/mol. The number of aromatic nitrogens is 5. The van der Waals surface area contributed by atoms with Crippen LogP contribution in [0.4, 0.5) is 0 Å². The zero-order chi connectivity index (χ0) is 32.5. The third kappa shape index (κ3) is 4.31. The highest BCUT2D eigenvalue weighted by atomic mass is 16.1. The molecule has 0 amide bonds. The molecule has 0 saturated heterocycles. The molecule has 0 fully saturated rings. The Morgan fingerprint density at radius 2 is 1.14 bits per heavy atom. The molecule has 0 N–H and O–H groups in total. The van der Waals surface area contributed by atoms with Gasteiger partial charge in [0, 0.05) is 39.0 Å². The lowest BCUT2D eigenvalue weighted by atomic mass is 10.0. The van der Waals surface area contributed by atoms with E-state index in [1.807, 2.05) is 24.4 Å². The molecule has 9 aromatic rings. The van der Waals surface area contributed by atoms with Crippen molar-refractivity contribution in [1.82, 2.24) is 23.5 Å². The monoisotopic (exact) mass is 631 g/mol. The first-order valence-corrected chi connectivity index (χ1v) is 16.6. The maximum atomic E-state index is 13.3. The molecule has 0 spiro atoms. The lowest BCUT2D eigenvalue weighted by Gasteiger charge is -2.11. The summed E-state index contributed by atoms with van der Waals surface area (Å²) in [5.74, 6) is 0.473. The second-order valence-electron chi connectivity index (χ2n) is 12.6. The number of hydrogen-bond donors (Lipinski definition) is 0. The standard InChI is InChI=1S/C43H29N5O/c49-43-45-42(28-11-3-1-4-12-28)44-41-24-21-32(27-46(41)43)48-38-18-10-8-16-34(38)36-26-30(20-23-40(36)48)29-19-22-39-35(25-29)33-15-7-9-17-37(33)47(39)31-13-5-2-6-14-31/h2-3,5-27H,1,4H2. The number of fused-ring (bicyclic) bond motifs is 7. The van der Waals surface area contributed by atoms with Crippen molar-refractivity contribution in [2.45, 2.75) is 12.8 Å². The molecular formula is C43H29N5O. The van der Waals surface area contributed by atoms with Crippen LogP contribution >= 0.6 is 0 Å². The third-order valence-corrected chi connectivity index (χ3v) is 9.74. The Bertz CT molecular complexity index is 2910. The van der Waals surface area contributed by atoms with Crippen LogP contribution in [0.15, 0.2) is 157 Å². The fourth-order valence-electron chi connectivity index (χ4n) is 7.48. The van der Waals surface area contributed by atoms with Gasteiger partial charge in [-0.2, -0.15) is 4.98 Å². The van der Waals surface area contributed by atoms with Gasteiger partial charge in [0.15, 0.2) is 5.82 Å². The first kappa shape index (κ1) is 27.6. The summed E-state index contributed by atoms with van der Waals surface area (Å²) in [4.78, 5) is 22.4. The molecule has 10 rings (SSSR count). The molecule has 0 unspecified atom stereocenters. The van der Waals surface area contributed by atoms with Gasteiger partial charge in [-0.15, -0.1) is 0 Å². The van der Waals surface area contributed by atoms with Crippen LogP contribution in [-0.2, 0) is 0 Å². The summed E-state index contributed by atoms with van der Waals surface area (Å²) >= 11 is 0. The Hall–Kier alpha value is -6.53. The van der Waals surface area contributed by atoms with Crippen molar-refractivity contribution in [2.24, 2.45) is 0 Å². The maximum Gasteiger partial charge on any atom is 0.355 e. The summed E-state index contributed by atoms with van der Waals surface area (Å²) in [6.07, 6.45) is 9.96. The molecule has 232 valence electrons. The number of allylic oxidation sites excluding steroid dienone is 4. The van der Waals surface area contributed by atoms with Gasteiger partial charge in [0.2, 0.25) is 0 Å². The van der Waals surface area contributed by atoms with Crippen molar-refractivity contribution < 1.29 is 0 Å². The van der Waals surface area contributed by atoms with E-state index in [2.05, 4.69) is 142 Å². The van der Waals surface area contributed by atoms with E-state index in [1.54, 1.807) is 4.40 Å². The molecule has 0 saturated carbocycles. The molecule has 0 radical (unpaired) electrons. The summed E-state index contributed by atoms with van der Waals surface area (Å²) in [6.45, 7) is 0. The van der Waals surface area contributed by atoms with E-state index in [1.165, 1.54) is 21.8 Å². The number of rotatable bonds is 4. The molecule has 6 heteroatoms. The van der Waals surface area contributed by atoms with Gasteiger partial charge in [-0.05, 0) is 84.6 Å². The summed E-state index contributed by atoms with van der Waals surface area (Å²) in [7, 11) is 0. The highest BCUT2D eigenvalue weighted by Gasteiger charge is 2.17. The van der Waals surface area contributed by atoms with E-state index in [-0.39, 0.29) is 5.69 Å². The van der Waals surface area contributed by atoms with Crippen LogP contribution in [0.1, 0.15) is 18.7 Å². The van der Waals surface area contributed by atoms with Crippen LogP contribution in [0.25, 0.3) is 77.3 Å². The predicted octanol–water partition coefficient (Wildman–Crippen LogP) is 9.68. The van der Waals surface area contributed by atoms with Crippen molar-refractivity contribution in [3.05, 3.63) is 168 Å². The van der Waals surface area contributed by atoms with Crippen LogP contribution in [0, 0.1) is 0 Å². The van der Waals surface area contributed by atoms with Gasteiger partial charge in [0.1, 0.15) is 5.65 Å². The lowest BCUT2D eigenvalue weighted by Crippen LogP contribution is -2.21. The fourth-order valence-corrected chi connectivity index (χ4v) is 7.48. The van der Waals surface area contributed by atoms with Crippen molar-refractivity contribution >= 4 is 54.8 Å². The van der Waals surface area contributed by atoms with Gasteiger partial charge in [0.25, 0.3) is 0 Å². The van der Waals surface area contributed by atoms with Crippen molar-refractivity contribution in [3.63, 3.8) is 0 Å². The number of benzene rings is 5. The molecule has 6 nitrogen and oxygen atoms in total. The molecule has 1 aliphatic rings. The fraction of sp³-hybridized carbons (Fsp3) is 0.0465. The summed E-state index contributed by atoms with van der Waals surface area (Å²) < 4.78 is 6.11. The number of hydrogen-bond acceptors (Lipinski definition) is 3. The van der Waals surface area contributed by atoms with Crippen LogP contribution in [-0.4, -0.2) is 23.5 Å². The minimum Gasteiger partial charge on any atom is -0.309 e. The molecule has 49 heavy (non-hydrogen) atoms. The van der Waals surface area contributed by atoms with E-state index in [0.717, 1.165) is 62.7 Å². The second kappa shape index (κ2) is 10.8. The van der Waals surface area contributed by atoms with Crippen molar-refractivity contribution in [1.29, 1.82) is 0 Å². The molecule has 0 aliphatic heterocycles. The average molecular weight is 632 g/mol. The number of nitrogens with zero attached hydrogens (tertiary/aromatic N) is 5. The van der Waals surface area contributed by atoms with Crippen molar-refractivity contribution in [3.8, 4) is 22.5 Å². The molecule has 0 atom stereocenters. The third-order valence-electron chi connectivity index (χ3n) is 9.74. The number of para-hydroxylation sites is 3. The largest absolute Gasteiger partial charge is 0.355 e. The SMILES string of the molecule is O=c1nc(C2=CCCC=C2)nc2ccc(-n3c4ccccc4c4cc(-c5ccc6c(c5)c5ccccc5n6-c5ccccc5)ccc43)cn12. The zero-order valence-electron chi connectivity index (χ0n) is 26.5. The molecule has 5 aromatic carbocycles. The Morgan fingerprint density at radius 3 is 1.80 bits per heavy atom. The molecule has 4 aromatic heterocycles. The summed E-state index contributed by atoms with van der Waals surface area (Å²) in [6, 6.07) is 45.0. The first-order valence-electron chi connectivity index (χ1n) is 16.6. The Kier molecular flexibility index (Phi) is 6.05. The van der Waals surface area contributed by atoms with Gasteiger partial charge in [-0.1, -0.05) is 85.0 Å². The van der Waals surface area contributed by atoms with E-state index in [4.69, 9.17) is 4.98 Å². The van der Waals surface area contributed by atoms with E-state index < -0.39 is 0 Å². The van der Waals surface area contributed by atoms with Gasteiger partial charge >= 0.3 is 5.69 Å². The minimum atomic E-state index is -0.339. The highest BCUT2D eigenvalue weighted by molar-refractivity contribution is 6.12. The lowest BCUT2D eigenvalue weighted by molar-refractivity contribution is 0.913. The minimum absolute atomic E-state index is 0.339. The van der Waals surface area contributed by atoms with Crippen LogP contribution in [0.2, 0.25) is 0 Å². The van der Waals surface area contributed by atoms with Gasteiger partial charge in [0.05, 0.1) is 27.8 Å². The second-order valence-corrected chi connectivity index (χ2v) is 12.6. The van der Waals surface area contributed by atoms with E-state index in [0.29, 0.717) is 11.5 Å².